The number of nitrogens with one attached hydrogen (secondary N) is 1. The first-order valence-electron chi connectivity index (χ1n) is 27.9. The minimum absolute atomic E-state index is 0.00848. The third-order valence-electron chi connectivity index (χ3n) is 15.6. The fourth-order valence-electron chi connectivity index (χ4n) is 11.9. The number of allylic oxidation sites excluding steroid dienone is 6. The van der Waals surface area contributed by atoms with E-state index in [9.17, 15) is 67.2 Å². The Morgan fingerprint density at radius 1 is 0.839 bits per heavy atom. The number of rotatable bonds is 25. The molecule has 93 heavy (non-hydrogen) atoms. The van der Waals surface area contributed by atoms with Crippen LogP contribution >= 0.6 is 35.5 Å². The van der Waals surface area contributed by atoms with Crippen molar-refractivity contribution in [2.24, 2.45) is 0 Å². The van der Waals surface area contributed by atoms with Crippen molar-refractivity contribution < 1.29 is 114 Å². The number of anilines is 2. The smallest absolute Gasteiger partial charge is 0.383 e. The number of amides is 1. The molecule has 9 rings (SSSR count). The molecule has 500 valence electrons. The molecular formula is C55H63N7O24P3S4+. The van der Waals surface area contributed by atoms with Crippen LogP contribution in [-0.4, -0.2) is 127 Å². The number of phosphoric ester groups is 1. The molecule has 0 saturated carbocycles. The molecule has 0 radical (unpaired) electrons. The van der Waals surface area contributed by atoms with Crippen LogP contribution in [0.3, 0.4) is 0 Å². The highest BCUT2D eigenvalue weighted by atomic mass is 32.2. The van der Waals surface area contributed by atoms with Crippen LogP contribution in [0.5, 0.6) is 0 Å². The summed E-state index contributed by atoms with van der Waals surface area (Å²) in [4.78, 5) is 58.9. The van der Waals surface area contributed by atoms with Gasteiger partial charge in [-0.1, -0.05) is 55.0 Å². The molecule has 6 aromatic rings. The highest BCUT2D eigenvalue weighted by Crippen LogP contribution is 2.66. The second-order valence-electron chi connectivity index (χ2n) is 22.4. The van der Waals surface area contributed by atoms with Gasteiger partial charge in [-0.2, -0.15) is 38.5 Å². The lowest BCUT2D eigenvalue weighted by molar-refractivity contribution is -0.438. The van der Waals surface area contributed by atoms with E-state index in [-0.39, 0.29) is 46.8 Å². The molecule has 0 spiro atoms. The van der Waals surface area contributed by atoms with Gasteiger partial charge < -0.3 is 44.8 Å². The maximum atomic E-state index is 13.2. The van der Waals surface area contributed by atoms with E-state index < -0.39 is 98.3 Å². The lowest BCUT2D eigenvalue weighted by Gasteiger charge is -2.26. The number of aromatic nitrogens is 3. The quantitative estimate of drug-likeness (QED) is 0.00296. The molecule has 1 amide bonds. The van der Waals surface area contributed by atoms with E-state index in [4.69, 9.17) is 30.0 Å². The van der Waals surface area contributed by atoms with Gasteiger partial charge in [0.2, 0.25) is 11.6 Å². The Hall–Kier alpha value is -6.13. The zero-order valence-corrected chi connectivity index (χ0v) is 55.7. The number of likely N-dealkylation sites (N-methyl/N-ethyl adjacent to an activating group) is 1. The SMILES string of the molecule is CCN1C(=CC=CC=CC2=[N+](CCCCCC(=O)NCC#Cc3cn(C4CCC(COP(=O)(O)OP(=O)(O)OP(=O)(O)O)O4)c4ncnc(N)c34)c3ccc4c(S(=O)(=O)O)cc(S(=O)(=O)O)cc4c3C2(C)C)C(C)(C)c2c1ccc1c(SOOO)cc(S(=O)(=O)O)cc21. The number of fused-ring (bicyclic) bond motifs is 7. The molecule has 5 heterocycles. The summed E-state index contributed by atoms with van der Waals surface area (Å²) >= 11 is 0.554. The predicted octanol–water partition coefficient (Wildman–Crippen LogP) is 8.43. The van der Waals surface area contributed by atoms with Crippen LogP contribution in [-0.2, 0) is 86.9 Å². The standard InChI is InChI=1S/C55H62N7O24P3S4/c1-6-60-41-21-19-37-39(26-35(91(72,73)74)28-43(37)90-84-83-64)50(41)54(2,3)45(60)15-9-7-10-16-46-55(4,5)51-40-27-36(92(75,76)77)29-44(93(78,79)80)38(40)20-22-42(51)61(46)25-12-8-11-17-47(63)57-24-13-14-33-30-62(53-49(33)52(56)58-32-59-53)48-23-18-34(82-48)31-81-88(68,69)86-89(70,71)85-87(65,66)67/h7,9-10,15-16,19-22,26-30,32,34,48H,6,8,11-12,17-18,23-25,31H2,1-5H3,(H10-,56,57,58,59,63,64,65,66,67,68,69,70,71,72,73,74,75,76,77,78,79,80)/p+1. The summed E-state index contributed by atoms with van der Waals surface area (Å²) in [7, 11) is -31.4. The normalized spacial score (nSPS) is 19.2. The van der Waals surface area contributed by atoms with Crippen LogP contribution in [0.2, 0.25) is 0 Å². The Bertz CT molecular complexity index is 4730. The number of carbonyl (C=O) groups excluding carboxylic acids is 1. The summed E-state index contributed by atoms with van der Waals surface area (Å²) in [6, 6.07) is 11.2. The first kappa shape index (κ1) is 71.2. The molecule has 31 nitrogen and oxygen atoms in total. The number of nitrogens with two attached hydrogens (primary N) is 1. The van der Waals surface area contributed by atoms with E-state index in [1.165, 1.54) is 24.5 Å². The Labute approximate surface area is 536 Å². The molecule has 2 aromatic heterocycles. The van der Waals surface area contributed by atoms with Gasteiger partial charge in [0, 0.05) is 70.4 Å². The third-order valence-corrected chi connectivity index (χ3v) is 22.6. The lowest BCUT2D eigenvalue weighted by atomic mass is 9.79. The van der Waals surface area contributed by atoms with Gasteiger partial charge in [-0.3, -0.25) is 23.0 Å². The number of unbranched alkanes of at least 4 members (excludes halogenated alkanes) is 2. The Balaban J connectivity index is 0.904. The van der Waals surface area contributed by atoms with Gasteiger partial charge in [0.1, 0.15) is 35.5 Å². The average Bonchev–Trinajstić information content (AvgIpc) is 1.61. The van der Waals surface area contributed by atoms with Crippen LogP contribution < -0.4 is 16.0 Å². The molecule has 0 bridgehead atoms. The van der Waals surface area contributed by atoms with Gasteiger partial charge >= 0.3 is 23.5 Å². The molecule has 4 atom stereocenters. The van der Waals surface area contributed by atoms with Gasteiger partial charge in [0.15, 0.2) is 5.71 Å². The summed E-state index contributed by atoms with van der Waals surface area (Å²) in [5.74, 6) is 5.64. The molecule has 3 aliphatic rings. The van der Waals surface area contributed by atoms with Gasteiger partial charge in [-0.05, 0) is 111 Å². The number of ether oxygens (including phenoxy) is 1. The minimum Gasteiger partial charge on any atom is -0.383 e. The monoisotopic (exact) mass is 1430 g/mol. The van der Waals surface area contributed by atoms with Crippen molar-refractivity contribution in [2.75, 3.05) is 36.9 Å². The van der Waals surface area contributed by atoms with Gasteiger partial charge in [0.25, 0.3) is 30.4 Å². The zero-order valence-electron chi connectivity index (χ0n) is 49.8. The average molecular weight is 1430 g/mol. The molecule has 3 aliphatic heterocycles. The predicted molar refractivity (Wildman–Crippen MR) is 336 cm³/mol. The Morgan fingerprint density at radius 2 is 1.53 bits per heavy atom. The molecule has 38 heteroatoms. The van der Waals surface area contributed by atoms with Crippen molar-refractivity contribution in [1.82, 2.24) is 19.9 Å². The number of hydrogen-bond acceptors (Lipinski definition) is 22. The number of hydrogen-bond donors (Lipinski definition) is 10. The van der Waals surface area contributed by atoms with E-state index in [0.29, 0.717) is 101 Å². The van der Waals surface area contributed by atoms with Crippen LogP contribution in [0.25, 0.3) is 32.6 Å². The summed E-state index contributed by atoms with van der Waals surface area (Å²) in [6.07, 6.45) is 12.4. The van der Waals surface area contributed by atoms with Crippen LogP contribution in [0.15, 0.2) is 117 Å². The minimum atomic E-state index is -5.73. The van der Waals surface area contributed by atoms with E-state index in [2.05, 4.69) is 50.0 Å². The molecule has 1 fully saturated rings. The van der Waals surface area contributed by atoms with Gasteiger partial charge in [-0.15, -0.1) is 4.33 Å². The topological polar surface area (TPSA) is 463 Å². The van der Waals surface area contributed by atoms with Crippen molar-refractivity contribution in [3.05, 3.63) is 114 Å². The van der Waals surface area contributed by atoms with Gasteiger partial charge in [0.05, 0.1) is 57.5 Å². The Morgan fingerprint density at radius 3 is 2.19 bits per heavy atom. The molecule has 0 aliphatic carbocycles. The highest BCUT2D eigenvalue weighted by Gasteiger charge is 2.47. The molecule has 4 unspecified atom stereocenters. The maximum Gasteiger partial charge on any atom is 0.490 e. The van der Waals surface area contributed by atoms with Crippen LogP contribution in [0, 0.1) is 11.8 Å². The summed E-state index contributed by atoms with van der Waals surface area (Å²) < 4.78 is 168. The van der Waals surface area contributed by atoms with Crippen molar-refractivity contribution in [3.63, 3.8) is 0 Å². The largest absolute Gasteiger partial charge is 0.490 e. The fraction of sp³-hybridized carbons (Fsp3) is 0.345. The second-order valence-corrected chi connectivity index (χ2v) is 31.8. The van der Waals surface area contributed by atoms with E-state index in [1.54, 1.807) is 35.0 Å². The van der Waals surface area contributed by atoms with Crippen molar-refractivity contribution >= 4 is 127 Å². The van der Waals surface area contributed by atoms with E-state index in [0.717, 1.165) is 23.0 Å². The van der Waals surface area contributed by atoms with Crippen molar-refractivity contribution in [2.45, 2.75) is 116 Å². The summed E-state index contributed by atoms with van der Waals surface area (Å²) in [5.41, 5.74) is 9.31. The molecule has 4 aromatic carbocycles. The maximum absolute atomic E-state index is 13.2. The van der Waals surface area contributed by atoms with E-state index in [1.807, 2.05) is 63.5 Å². The number of carbonyl (C=O) groups is 1. The number of phosphoric acid groups is 3. The highest BCUT2D eigenvalue weighted by molar-refractivity contribution is 7.94. The molecular weight excluding hydrogens is 1360 g/mol. The molecule has 11 N–H and O–H groups in total. The lowest BCUT2D eigenvalue weighted by Crippen LogP contribution is -2.28. The fourth-order valence-corrected chi connectivity index (χ4v) is 17.4. The number of nitrogen functional groups attached to an aromatic ring is 1. The van der Waals surface area contributed by atoms with Crippen molar-refractivity contribution in [3.8, 4) is 11.8 Å². The zero-order chi connectivity index (χ0) is 68.0. The number of nitrogens with zero attached hydrogens (tertiary/aromatic N) is 5. The third kappa shape index (κ3) is 15.7. The molecule has 1 saturated heterocycles. The first-order chi connectivity index (χ1) is 43.4. The van der Waals surface area contributed by atoms with Crippen LogP contribution in [0.4, 0.5) is 17.2 Å². The van der Waals surface area contributed by atoms with E-state index >= 15 is 0 Å². The summed E-state index contributed by atoms with van der Waals surface area (Å²) in [6.45, 7) is 9.73. The Kier molecular flexibility index (Phi) is 20.8. The van der Waals surface area contributed by atoms with Crippen molar-refractivity contribution in [1.29, 1.82) is 0 Å². The van der Waals surface area contributed by atoms with Gasteiger partial charge in [-0.25, -0.2) is 28.9 Å². The first-order valence-corrected chi connectivity index (χ1v) is 37.5. The van der Waals surface area contributed by atoms with Crippen LogP contribution in [0.1, 0.15) is 96.1 Å². The second kappa shape index (κ2) is 27.2. The number of benzene rings is 4. The summed E-state index contributed by atoms with van der Waals surface area (Å²) in [5, 5.41) is 17.0.